The number of hydrogen-bond donors (Lipinski definition) is 1. The highest BCUT2D eigenvalue weighted by molar-refractivity contribution is 5.95. The number of amides is 1. The van der Waals surface area contributed by atoms with E-state index >= 15 is 0 Å². The Labute approximate surface area is 168 Å². The van der Waals surface area contributed by atoms with Crippen LogP contribution in [0.2, 0.25) is 0 Å². The van der Waals surface area contributed by atoms with Gasteiger partial charge in [-0.1, -0.05) is 48.5 Å². The summed E-state index contributed by atoms with van der Waals surface area (Å²) < 4.78 is 55.5. The number of nitrogens with zero attached hydrogens (tertiary/aromatic N) is 2. The van der Waals surface area contributed by atoms with E-state index in [4.69, 9.17) is 0 Å². The van der Waals surface area contributed by atoms with Crippen molar-refractivity contribution >= 4 is 16.7 Å². The fourth-order valence-corrected chi connectivity index (χ4v) is 3.22. The number of para-hydroxylation sites is 1. The van der Waals surface area contributed by atoms with Crippen LogP contribution in [0.25, 0.3) is 16.5 Å². The first kappa shape index (κ1) is 19.6. The molecule has 1 amide bonds. The van der Waals surface area contributed by atoms with Gasteiger partial charge in [0.2, 0.25) is 0 Å². The molecule has 4 rings (SSSR count). The summed E-state index contributed by atoms with van der Waals surface area (Å²) in [5.74, 6) is -1.83. The van der Waals surface area contributed by atoms with Crippen LogP contribution in [0.4, 0.5) is 17.6 Å². The van der Waals surface area contributed by atoms with Gasteiger partial charge in [0.15, 0.2) is 5.69 Å². The van der Waals surface area contributed by atoms with Crippen LogP contribution in [-0.2, 0) is 12.7 Å². The summed E-state index contributed by atoms with van der Waals surface area (Å²) in [7, 11) is 0. The van der Waals surface area contributed by atoms with E-state index in [2.05, 4.69) is 10.4 Å². The van der Waals surface area contributed by atoms with Gasteiger partial charge >= 0.3 is 6.18 Å². The van der Waals surface area contributed by atoms with Crippen molar-refractivity contribution in [3.05, 3.63) is 95.6 Å². The Kier molecular flexibility index (Phi) is 4.99. The van der Waals surface area contributed by atoms with Crippen molar-refractivity contribution in [1.29, 1.82) is 0 Å². The second-order valence-corrected chi connectivity index (χ2v) is 6.63. The fraction of sp³-hybridized carbons (Fsp3) is 0.0909. The van der Waals surface area contributed by atoms with E-state index in [1.54, 1.807) is 6.07 Å². The largest absolute Gasteiger partial charge is 0.434 e. The summed E-state index contributed by atoms with van der Waals surface area (Å²) in [5, 5.41) is 8.08. The second kappa shape index (κ2) is 7.62. The Hall–Kier alpha value is -3.68. The van der Waals surface area contributed by atoms with Crippen molar-refractivity contribution < 1.29 is 22.4 Å². The predicted octanol–water partition coefficient (Wildman–Crippen LogP) is 5.11. The molecular formula is C22H15F4N3O. The molecule has 0 spiro atoms. The number of carbonyl (C=O) groups is 1. The van der Waals surface area contributed by atoms with Crippen LogP contribution >= 0.6 is 0 Å². The van der Waals surface area contributed by atoms with Crippen molar-refractivity contribution in [3.63, 3.8) is 0 Å². The number of nitrogens with one attached hydrogen (secondary N) is 1. The van der Waals surface area contributed by atoms with E-state index in [9.17, 15) is 22.4 Å². The molecule has 1 N–H and O–H groups in total. The second-order valence-electron chi connectivity index (χ2n) is 6.63. The molecule has 0 aliphatic rings. The van der Waals surface area contributed by atoms with Crippen LogP contribution < -0.4 is 5.32 Å². The molecule has 0 fully saturated rings. The minimum atomic E-state index is -4.91. The van der Waals surface area contributed by atoms with E-state index in [-0.39, 0.29) is 6.54 Å². The lowest BCUT2D eigenvalue weighted by Crippen LogP contribution is -2.26. The zero-order chi connectivity index (χ0) is 21.3. The number of halogens is 4. The Morgan fingerprint density at radius 2 is 1.67 bits per heavy atom. The minimum absolute atomic E-state index is 0.0336. The average molecular weight is 413 g/mol. The van der Waals surface area contributed by atoms with Gasteiger partial charge in [0.1, 0.15) is 11.5 Å². The summed E-state index contributed by atoms with van der Waals surface area (Å²) in [6, 6.07) is 18.0. The van der Waals surface area contributed by atoms with Gasteiger partial charge in [0.25, 0.3) is 5.91 Å². The van der Waals surface area contributed by atoms with Crippen molar-refractivity contribution in [1.82, 2.24) is 15.1 Å². The SMILES string of the molecule is O=C(NCc1ccc2ccccc2c1)c1cnn(-c2ccccc2F)c1C(F)(F)F. The van der Waals surface area contributed by atoms with E-state index in [1.807, 2.05) is 36.4 Å². The Morgan fingerprint density at radius 1 is 0.967 bits per heavy atom. The Bertz CT molecular complexity index is 1230. The monoisotopic (exact) mass is 413 g/mol. The fourth-order valence-electron chi connectivity index (χ4n) is 3.22. The molecule has 1 aromatic heterocycles. The van der Waals surface area contributed by atoms with Gasteiger partial charge in [-0.15, -0.1) is 0 Å². The topological polar surface area (TPSA) is 46.9 Å². The van der Waals surface area contributed by atoms with Gasteiger partial charge in [-0.25, -0.2) is 9.07 Å². The first-order valence-corrected chi connectivity index (χ1v) is 9.00. The summed E-state index contributed by atoms with van der Waals surface area (Å²) in [6.45, 7) is 0.0336. The number of benzene rings is 3. The number of carbonyl (C=O) groups excluding carboxylic acids is 1. The first-order valence-electron chi connectivity index (χ1n) is 9.00. The Balaban J connectivity index is 1.63. The van der Waals surface area contributed by atoms with Gasteiger partial charge in [0, 0.05) is 6.54 Å². The highest BCUT2D eigenvalue weighted by Gasteiger charge is 2.41. The molecule has 0 aliphatic carbocycles. The van der Waals surface area contributed by atoms with Gasteiger partial charge in [-0.05, 0) is 34.5 Å². The normalized spacial score (nSPS) is 11.6. The van der Waals surface area contributed by atoms with E-state index in [0.29, 0.717) is 4.68 Å². The number of alkyl halides is 3. The molecule has 8 heteroatoms. The van der Waals surface area contributed by atoms with Crippen LogP contribution in [0.15, 0.2) is 72.9 Å². The third-order valence-corrected chi connectivity index (χ3v) is 4.63. The maximum atomic E-state index is 14.0. The highest BCUT2D eigenvalue weighted by atomic mass is 19.4. The van der Waals surface area contributed by atoms with Gasteiger partial charge < -0.3 is 5.32 Å². The van der Waals surface area contributed by atoms with Crippen LogP contribution in [0.5, 0.6) is 0 Å². The lowest BCUT2D eigenvalue weighted by molar-refractivity contribution is -0.143. The molecule has 1 heterocycles. The summed E-state index contributed by atoms with van der Waals surface area (Å²) >= 11 is 0. The third kappa shape index (κ3) is 3.76. The molecule has 4 aromatic rings. The maximum absolute atomic E-state index is 14.0. The van der Waals surface area contributed by atoms with Crippen molar-refractivity contribution in [3.8, 4) is 5.69 Å². The lowest BCUT2D eigenvalue weighted by atomic mass is 10.1. The molecule has 0 saturated carbocycles. The molecule has 0 aliphatic heterocycles. The summed E-state index contributed by atoms with van der Waals surface area (Å²) in [5.41, 5.74) is -1.66. The zero-order valence-corrected chi connectivity index (χ0v) is 15.4. The zero-order valence-electron chi connectivity index (χ0n) is 15.4. The van der Waals surface area contributed by atoms with Crippen LogP contribution in [0, 0.1) is 5.82 Å². The highest BCUT2D eigenvalue weighted by Crippen LogP contribution is 2.34. The van der Waals surface area contributed by atoms with E-state index in [0.717, 1.165) is 34.7 Å². The molecule has 30 heavy (non-hydrogen) atoms. The Morgan fingerprint density at radius 3 is 2.40 bits per heavy atom. The number of aromatic nitrogens is 2. The van der Waals surface area contributed by atoms with Crippen LogP contribution in [-0.4, -0.2) is 15.7 Å². The molecular weight excluding hydrogens is 398 g/mol. The van der Waals surface area contributed by atoms with Crippen molar-refractivity contribution in [2.75, 3.05) is 0 Å². The molecule has 152 valence electrons. The predicted molar refractivity (Wildman–Crippen MR) is 104 cm³/mol. The molecule has 0 atom stereocenters. The number of fused-ring (bicyclic) bond motifs is 1. The van der Waals surface area contributed by atoms with E-state index in [1.165, 1.54) is 12.1 Å². The van der Waals surface area contributed by atoms with Gasteiger partial charge in [0.05, 0.1) is 11.8 Å². The van der Waals surface area contributed by atoms with Gasteiger partial charge in [-0.3, -0.25) is 4.79 Å². The quantitative estimate of drug-likeness (QED) is 0.473. The van der Waals surface area contributed by atoms with Crippen molar-refractivity contribution in [2.24, 2.45) is 0 Å². The minimum Gasteiger partial charge on any atom is -0.348 e. The van der Waals surface area contributed by atoms with Crippen LogP contribution in [0.3, 0.4) is 0 Å². The summed E-state index contributed by atoms with van der Waals surface area (Å²) in [4.78, 5) is 12.5. The number of rotatable bonds is 4. The first-order chi connectivity index (χ1) is 14.3. The third-order valence-electron chi connectivity index (χ3n) is 4.63. The standard InChI is InChI=1S/C22H15F4N3O/c23-18-7-3-4-8-19(18)29-20(22(24,25)26)17(13-28-29)21(30)27-12-14-9-10-15-5-1-2-6-16(15)11-14/h1-11,13H,12H2,(H,27,30). The summed E-state index contributed by atoms with van der Waals surface area (Å²) in [6.07, 6.45) is -4.11. The average Bonchev–Trinajstić information content (AvgIpc) is 3.18. The molecule has 0 saturated heterocycles. The van der Waals surface area contributed by atoms with Crippen LogP contribution in [0.1, 0.15) is 21.6 Å². The van der Waals surface area contributed by atoms with Gasteiger partial charge in [-0.2, -0.15) is 18.3 Å². The maximum Gasteiger partial charge on any atom is 0.434 e. The number of hydrogen-bond acceptors (Lipinski definition) is 2. The molecule has 4 nitrogen and oxygen atoms in total. The lowest BCUT2D eigenvalue weighted by Gasteiger charge is -2.13. The molecule has 0 bridgehead atoms. The molecule has 0 unspecified atom stereocenters. The van der Waals surface area contributed by atoms with Crippen molar-refractivity contribution in [2.45, 2.75) is 12.7 Å². The molecule has 0 radical (unpaired) electrons. The molecule has 3 aromatic carbocycles. The van der Waals surface area contributed by atoms with E-state index < -0.39 is 34.8 Å². The smallest absolute Gasteiger partial charge is 0.348 e.